The smallest absolute Gasteiger partial charge is 0.0813 e. The van der Waals surface area contributed by atoms with Gasteiger partial charge in [-0.1, -0.05) is 18.2 Å². The normalized spacial score (nSPS) is 15.7. The molecule has 4 heteroatoms. The van der Waals surface area contributed by atoms with Gasteiger partial charge in [-0.3, -0.25) is 15.3 Å². The second-order valence-corrected chi connectivity index (χ2v) is 4.46. The molecule has 1 aromatic heterocycles. The molecule has 0 unspecified atom stereocenters. The van der Waals surface area contributed by atoms with Gasteiger partial charge >= 0.3 is 0 Å². The molecule has 2 aromatic rings. The number of H-pyrrole nitrogens is 1. The Kier molecular flexibility index (Phi) is 3.16. The minimum absolute atomic E-state index is 0.536. The minimum Gasteiger partial charge on any atom is -0.361 e. The van der Waals surface area contributed by atoms with Gasteiger partial charge in [-0.25, -0.2) is 0 Å². The first-order valence-electron chi connectivity index (χ1n) is 6.26. The number of aromatic amines is 1. The SMILES string of the molecule is ON(/C=C1\C=CC=N1)CCc1c[nH]c2ccccc12. The highest BCUT2D eigenvalue weighted by Gasteiger charge is 2.05. The first-order chi connectivity index (χ1) is 9.33. The summed E-state index contributed by atoms with van der Waals surface area (Å²) < 4.78 is 0. The van der Waals surface area contributed by atoms with E-state index in [1.165, 1.54) is 16.0 Å². The fraction of sp³-hybridized carbons (Fsp3) is 0.133. The van der Waals surface area contributed by atoms with Crippen LogP contribution in [0.3, 0.4) is 0 Å². The fourth-order valence-corrected chi connectivity index (χ4v) is 2.18. The van der Waals surface area contributed by atoms with Gasteiger partial charge in [0.25, 0.3) is 0 Å². The van der Waals surface area contributed by atoms with Gasteiger partial charge in [0, 0.05) is 29.9 Å². The number of allylic oxidation sites excluding steroid dienone is 2. The average Bonchev–Trinajstić information content (AvgIpc) is 3.05. The number of nitrogens with zero attached hydrogens (tertiary/aromatic N) is 2. The standard InChI is InChI=1S/C15H15N3O/c19-18(11-13-4-3-8-16-13)9-7-12-10-17-15-6-2-1-5-14(12)15/h1-6,8,10-11,17,19H,7,9H2/b13-11+. The van der Waals surface area contributed by atoms with E-state index in [1.807, 2.05) is 30.5 Å². The number of aromatic nitrogens is 1. The van der Waals surface area contributed by atoms with Gasteiger partial charge in [-0.15, -0.1) is 0 Å². The summed E-state index contributed by atoms with van der Waals surface area (Å²) in [7, 11) is 0. The van der Waals surface area contributed by atoms with Crippen LogP contribution in [0.5, 0.6) is 0 Å². The van der Waals surface area contributed by atoms with E-state index in [2.05, 4.69) is 22.1 Å². The Bertz CT molecular complexity index is 653. The van der Waals surface area contributed by atoms with Crippen LogP contribution in [0.25, 0.3) is 10.9 Å². The molecule has 0 spiro atoms. The molecule has 19 heavy (non-hydrogen) atoms. The van der Waals surface area contributed by atoms with Gasteiger partial charge in [0.2, 0.25) is 0 Å². The van der Waals surface area contributed by atoms with Crippen molar-refractivity contribution in [3.8, 4) is 0 Å². The molecule has 1 aromatic carbocycles. The van der Waals surface area contributed by atoms with Crippen LogP contribution < -0.4 is 0 Å². The summed E-state index contributed by atoms with van der Waals surface area (Å²) in [5, 5.41) is 12.2. The summed E-state index contributed by atoms with van der Waals surface area (Å²) >= 11 is 0. The van der Waals surface area contributed by atoms with Crippen molar-refractivity contribution < 1.29 is 5.21 Å². The highest BCUT2D eigenvalue weighted by Crippen LogP contribution is 2.18. The van der Waals surface area contributed by atoms with Crippen molar-refractivity contribution in [2.24, 2.45) is 4.99 Å². The van der Waals surface area contributed by atoms with E-state index in [0.29, 0.717) is 6.54 Å². The van der Waals surface area contributed by atoms with E-state index < -0.39 is 0 Å². The second-order valence-electron chi connectivity index (χ2n) is 4.46. The van der Waals surface area contributed by atoms with E-state index in [1.54, 1.807) is 12.4 Å². The lowest BCUT2D eigenvalue weighted by Gasteiger charge is -2.11. The van der Waals surface area contributed by atoms with Gasteiger partial charge in [-0.05, 0) is 30.2 Å². The van der Waals surface area contributed by atoms with Crippen LogP contribution in [-0.2, 0) is 6.42 Å². The molecule has 2 N–H and O–H groups in total. The molecule has 0 aliphatic carbocycles. The van der Waals surface area contributed by atoms with Gasteiger partial charge in [0.1, 0.15) is 0 Å². The molecule has 0 atom stereocenters. The number of aliphatic imine (C=N–C) groups is 1. The summed E-state index contributed by atoms with van der Waals surface area (Å²) in [6.45, 7) is 0.536. The van der Waals surface area contributed by atoms with Crippen LogP contribution in [0.15, 0.2) is 59.5 Å². The number of fused-ring (bicyclic) bond motifs is 1. The topological polar surface area (TPSA) is 51.6 Å². The third-order valence-corrected chi connectivity index (χ3v) is 3.14. The maximum atomic E-state index is 9.82. The van der Waals surface area contributed by atoms with Crippen molar-refractivity contribution >= 4 is 17.1 Å². The number of nitrogens with one attached hydrogen (secondary N) is 1. The molecular formula is C15H15N3O. The van der Waals surface area contributed by atoms with E-state index in [4.69, 9.17) is 0 Å². The van der Waals surface area contributed by atoms with Gasteiger partial charge < -0.3 is 4.98 Å². The highest BCUT2D eigenvalue weighted by atomic mass is 16.5. The van der Waals surface area contributed by atoms with Crippen LogP contribution in [0, 0.1) is 0 Å². The van der Waals surface area contributed by atoms with Gasteiger partial charge in [0.15, 0.2) is 0 Å². The Morgan fingerprint density at radius 1 is 1.32 bits per heavy atom. The molecule has 2 heterocycles. The third kappa shape index (κ3) is 2.58. The molecule has 0 fully saturated rings. The zero-order valence-corrected chi connectivity index (χ0v) is 10.5. The van der Waals surface area contributed by atoms with Crippen LogP contribution in [0.1, 0.15) is 5.56 Å². The summed E-state index contributed by atoms with van der Waals surface area (Å²) in [5.41, 5.74) is 3.10. The van der Waals surface area contributed by atoms with E-state index in [0.717, 1.165) is 17.6 Å². The fourth-order valence-electron chi connectivity index (χ4n) is 2.18. The molecule has 4 nitrogen and oxygen atoms in total. The summed E-state index contributed by atoms with van der Waals surface area (Å²) in [6.07, 6.45) is 9.82. The first kappa shape index (κ1) is 11.7. The van der Waals surface area contributed by atoms with Crippen molar-refractivity contribution in [3.63, 3.8) is 0 Å². The number of benzene rings is 1. The van der Waals surface area contributed by atoms with E-state index >= 15 is 0 Å². The Morgan fingerprint density at radius 3 is 3.05 bits per heavy atom. The Balaban J connectivity index is 1.67. The molecule has 0 amide bonds. The van der Waals surface area contributed by atoms with Crippen LogP contribution in [-0.4, -0.2) is 28.0 Å². The quantitative estimate of drug-likeness (QED) is 0.823. The summed E-state index contributed by atoms with van der Waals surface area (Å²) in [5.74, 6) is 0. The molecule has 0 saturated carbocycles. The molecule has 0 radical (unpaired) electrons. The summed E-state index contributed by atoms with van der Waals surface area (Å²) in [4.78, 5) is 7.32. The molecule has 96 valence electrons. The lowest BCUT2D eigenvalue weighted by molar-refractivity contribution is -0.0400. The van der Waals surface area contributed by atoms with Crippen molar-refractivity contribution in [2.45, 2.75) is 6.42 Å². The second kappa shape index (κ2) is 5.12. The highest BCUT2D eigenvalue weighted by molar-refractivity contribution is 5.83. The van der Waals surface area contributed by atoms with Crippen LogP contribution in [0.2, 0.25) is 0 Å². The Labute approximate surface area is 111 Å². The van der Waals surface area contributed by atoms with Gasteiger partial charge in [0.05, 0.1) is 11.9 Å². The number of para-hydroxylation sites is 1. The third-order valence-electron chi connectivity index (χ3n) is 3.14. The first-order valence-corrected chi connectivity index (χ1v) is 6.26. The average molecular weight is 253 g/mol. The predicted octanol–water partition coefficient (Wildman–Crippen LogP) is 2.88. The van der Waals surface area contributed by atoms with Crippen molar-refractivity contribution in [3.05, 3.63) is 60.1 Å². The van der Waals surface area contributed by atoms with Crippen molar-refractivity contribution in [1.82, 2.24) is 10.0 Å². The Morgan fingerprint density at radius 2 is 2.21 bits per heavy atom. The zero-order valence-electron chi connectivity index (χ0n) is 10.5. The lowest BCUT2D eigenvalue weighted by Crippen LogP contribution is -2.15. The molecule has 3 rings (SSSR count). The predicted molar refractivity (Wildman–Crippen MR) is 76.2 cm³/mol. The maximum Gasteiger partial charge on any atom is 0.0813 e. The zero-order chi connectivity index (χ0) is 13.1. The minimum atomic E-state index is 0.536. The number of hydrogen-bond acceptors (Lipinski definition) is 3. The van der Waals surface area contributed by atoms with Crippen LogP contribution >= 0.6 is 0 Å². The lowest BCUT2D eigenvalue weighted by atomic mass is 10.1. The molecule has 1 aliphatic rings. The molecule has 0 bridgehead atoms. The molecular weight excluding hydrogens is 238 g/mol. The maximum absolute atomic E-state index is 9.82. The van der Waals surface area contributed by atoms with Crippen LogP contribution in [0.4, 0.5) is 0 Å². The van der Waals surface area contributed by atoms with E-state index in [-0.39, 0.29) is 0 Å². The molecule has 1 aliphatic heterocycles. The molecule has 0 saturated heterocycles. The number of hydrogen-bond donors (Lipinski definition) is 2. The van der Waals surface area contributed by atoms with Gasteiger partial charge in [-0.2, -0.15) is 0 Å². The van der Waals surface area contributed by atoms with Crippen molar-refractivity contribution in [2.75, 3.05) is 6.54 Å². The number of hydroxylamine groups is 2. The monoisotopic (exact) mass is 253 g/mol. The largest absolute Gasteiger partial charge is 0.361 e. The van der Waals surface area contributed by atoms with E-state index in [9.17, 15) is 5.21 Å². The van der Waals surface area contributed by atoms with Crippen molar-refractivity contribution in [1.29, 1.82) is 0 Å². The Hall–Kier alpha value is -2.33. The number of rotatable bonds is 4. The summed E-state index contributed by atoms with van der Waals surface area (Å²) in [6, 6.07) is 8.17.